The van der Waals surface area contributed by atoms with Gasteiger partial charge in [0.05, 0.1) is 18.7 Å². The number of aromatic nitrogens is 3. The molecule has 0 saturated carbocycles. The topological polar surface area (TPSA) is 112 Å². The van der Waals surface area contributed by atoms with Gasteiger partial charge in [0.1, 0.15) is 11.4 Å². The molecule has 3 aliphatic heterocycles. The van der Waals surface area contributed by atoms with Crippen molar-refractivity contribution < 1.29 is 14.7 Å². The van der Waals surface area contributed by atoms with Crippen molar-refractivity contribution in [2.75, 3.05) is 26.2 Å². The second-order valence-electron chi connectivity index (χ2n) is 8.19. The van der Waals surface area contributed by atoms with Gasteiger partial charge in [0.15, 0.2) is 0 Å². The molecule has 1 aromatic heterocycles. The molecule has 0 radical (unpaired) electrons. The van der Waals surface area contributed by atoms with E-state index in [2.05, 4.69) is 25.8 Å². The molecule has 9 nitrogen and oxygen atoms in total. The maximum Gasteiger partial charge on any atom is 0.224 e. The van der Waals surface area contributed by atoms with Crippen LogP contribution in [0.3, 0.4) is 0 Å². The first-order valence-electron chi connectivity index (χ1n) is 10.5. The molecular formula is C21H28N6O3. The molecule has 160 valence electrons. The molecule has 2 amide bonds. The van der Waals surface area contributed by atoms with Gasteiger partial charge in [0.2, 0.25) is 11.8 Å². The van der Waals surface area contributed by atoms with Crippen LogP contribution in [0.15, 0.2) is 30.5 Å². The van der Waals surface area contributed by atoms with Crippen molar-refractivity contribution in [1.29, 1.82) is 0 Å². The molecule has 1 unspecified atom stereocenters. The monoisotopic (exact) mass is 412 g/mol. The number of amides is 2. The van der Waals surface area contributed by atoms with Crippen LogP contribution >= 0.6 is 0 Å². The van der Waals surface area contributed by atoms with Crippen molar-refractivity contribution in [1.82, 2.24) is 30.5 Å². The molecule has 5 rings (SSSR count). The highest BCUT2D eigenvalue weighted by atomic mass is 16.3. The molecule has 2 aromatic rings. The molecule has 3 N–H and O–H groups in total. The molecule has 4 atom stereocenters. The summed E-state index contributed by atoms with van der Waals surface area (Å²) in [5, 5.41) is 23.8. The van der Waals surface area contributed by atoms with Crippen molar-refractivity contribution in [3.63, 3.8) is 0 Å². The smallest absolute Gasteiger partial charge is 0.224 e. The first-order chi connectivity index (χ1) is 14.5. The molecular weight excluding hydrogens is 384 g/mol. The molecule has 3 fully saturated rings. The molecule has 2 bridgehead atoms. The van der Waals surface area contributed by atoms with Crippen LogP contribution < -0.4 is 10.6 Å². The summed E-state index contributed by atoms with van der Waals surface area (Å²) >= 11 is 0. The van der Waals surface area contributed by atoms with Crippen LogP contribution in [0, 0.1) is 11.8 Å². The van der Waals surface area contributed by atoms with E-state index in [4.69, 9.17) is 0 Å². The second kappa shape index (κ2) is 8.83. The first-order valence-corrected chi connectivity index (χ1v) is 10.5. The average Bonchev–Trinajstić information content (AvgIpc) is 3.20. The predicted octanol–water partition coefficient (Wildman–Crippen LogP) is 0.613. The minimum absolute atomic E-state index is 0.00549. The number of piperidine rings is 3. The minimum Gasteiger partial charge on any atom is -0.508 e. The lowest BCUT2D eigenvalue weighted by Gasteiger charge is -2.49. The number of aromatic hydroxyl groups is 1. The summed E-state index contributed by atoms with van der Waals surface area (Å²) in [5.74, 6) is 0.579. The van der Waals surface area contributed by atoms with Crippen molar-refractivity contribution >= 4 is 11.8 Å². The third kappa shape index (κ3) is 4.62. The lowest BCUT2D eigenvalue weighted by molar-refractivity contribution is -0.133. The number of rotatable bonds is 7. The van der Waals surface area contributed by atoms with Gasteiger partial charge in [0.25, 0.3) is 0 Å². The van der Waals surface area contributed by atoms with E-state index in [1.807, 2.05) is 16.9 Å². The Morgan fingerprint density at radius 1 is 1.27 bits per heavy atom. The van der Waals surface area contributed by atoms with Gasteiger partial charge in [0, 0.05) is 38.2 Å². The van der Waals surface area contributed by atoms with Gasteiger partial charge in [-0.25, -0.2) is 0 Å². The van der Waals surface area contributed by atoms with E-state index in [0.717, 1.165) is 43.7 Å². The number of carbonyl (C=O) groups excluding carboxylic acids is 2. The number of benzene rings is 1. The summed E-state index contributed by atoms with van der Waals surface area (Å²) in [7, 11) is 0. The van der Waals surface area contributed by atoms with Crippen LogP contribution in [-0.4, -0.2) is 69.0 Å². The number of hydrogen-bond acceptors (Lipinski definition) is 6. The molecule has 3 saturated heterocycles. The summed E-state index contributed by atoms with van der Waals surface area (Å²) in [6.07, 6.45) is 3.90. The fourth-order valence-electron chi connectivity index (χ4n) is 4.58. The molecule has 0 spiro atoms. The third-order valence-corrected chi connectivity index (χ3v) is 6.09. The van der Waals surface area contributed by atoms with E-state index < -0.39 is 0 Å². The first kappa shape index (κ1) is 20.3. The highest BCUT2D eigenvalue weighted by Gasteiger charge is 2.43. The summed E-state index contributed by atoms with van der Waals surface area (Å²) in [4.78, 5) is 25.9. The van der Waals surface area contributed by atoms with E-state index in [9.17, 15) is 14.7 Å². The SMILES string of the molecule is CC(=O)NCCNC(=O)[C@H]1CN2CC[C@@H]1C[C@@H]2Cn1cc(-c2cccc(O)c2)nn1. The Morgan fingerprint density at radius 2 is 2.10 bits per heavy atom. The predicted molar refractivity (Wildman–Crippen MR) is 110 cm³/mol. The number of nitrogens with one attached hydrogen (secondary N) is 2. The van der Waals surface area contributed by atoms with E-state index in [-0.39, 0.29) is 23.5 Å². The Hall–Kier alpha value is -2.94. The van der Waals surface area contributed by atoms with Crippen molar-refractivity contribution in [2.45, 2.75) is 32.4 Å². The van der Waals surface area contributed by atoms with Gasteiger partial charge in [-0.05, 0) is 37.4 Å². The Morgan fingerprint density at radius 3 is 2.83 bits per heavy atom. The Labute approximate surface area is 175 Å². The highest BCUT2D eigenvalue weighted by Crippen LogP contribution is 2.37. The van der Waals surface area contributed by atoms with Crippen LogP contribution in [0.1, 0.15) is 19.8 Å². The molecule has 1 aromatic carbocycles. The normalized spacial score (nSPS) is 25.1. The molecule has 30 heavy (non-hydrogen) atoms. The minimum atomic E-state index is -0.0877. The summed E-state index contributed by atoms with van der Waals surface area (Å²) < 4.78 is 1.85. The molecule has 4 heterocycles. The zero-order chi connectivity index (χ0) is 21.1. The Balaban J connectivity index is 1.32. The quantitative estimate of drug-likeness (QED) is 0.575. The zero-order valence-electron chi connectivity index (χ0n) is 17.1. The van der Waals surface area contributed by atoms with Crippen molar-refractivity contribution in [3.8, 4) is 17.0 Å². The number of phenolic OH excluding ortho intramolecular Hbond substituents is 1. The summed E-state index contributed by atoms with van der Waals surface area (Å²) in [6, 6.07) is 7.33. The van der Waals surface area contributed by atoms with Crippen LogP contribution in [-0.2, 0) is 16.1 Å². The standard InChI is InChI=1S/C21H28N6O3/c1-14(28)22-6-7-23-21(30)19-12-26-8-5-15(19)9-17(26)11-27-13-20(24-25-27)16-3-2-4-18(29)10-16/h2-4,10,13,15,17,19,29H,5-9,11-12H2,1H3,(H,22,28)(H,23,30)/t15-,17-,19+/m1/s1. The lowest BCUT2D eigenvalue weighted by Crippen LogP contribution is -2.58. The van der Waals surface area contributed by atoms with Gasteiger partial charge in [-0.3, -0.25) is 19.2 Å². The fraction of sp³-hybridized carbons (Fsp3) is 0.524. The van der Waals surface area contributed by atoms with E-state index in [0.29, 0.717) is 25.0 Å². The number of hydrogen-bond donors (Lipinski definition) is 3. The highest BCUT2D eigenvalue weighted by molar-refractivity contribution is 5.79. The van der Waals surface area contributed by atoms with Gasteiger partial charge in [-0.2, -0.15) is 0 Å². The fourth-order valence-corrected chi connectivity index (χ4v) is 4.58. The molecule has 0 aliphatic carbocycles. The second-order valence-corrected chi connectivity index (χ2v) is 8.19. The van der Waals surface area contributed by atoms with Gasteiger partial charge in [-0.1, -0.05) is 17.3 Å². The number of phenols is 1. The van der Waals surface area contributed by atoms with Gasteiger partial charge < -0.3 is 15.7 Å². The van der Waals surface area contributed by atoms with Gasteiger partial charge in [-0.15, -0.1) is 5.10 Å². The van der Waals surface area contributed by atoms with E-state index in [1.165, 1.54) is 6.92 Å². The zero-order valence-corrected chi connectivity index (χ0v) is 17.1. The lowest BCUT2D eigenvalue weighted by atomic mass is 9.75. The van der Waals surface area contributed by atoms with Gasteiger partial charge >= 0.3 is 0 Å². The maximum atomic E-state index is 12.6. The maximum absolute atomic E-state index is 12.6. The van der Waals surface area contributed by atoms with Crippen LogP contribution in [0.25, 0.3) is 11.3 Å². The summed E-state index contributed by atoms with van der Waals surface area (Å²) in [5.41, 5.74) is 1.57. The Bertz CT molecular complexity index is 914. The van der Waals surface area contributed by atoms with Crippen LogP contribution in [0.2, 0.25) is 0 Å². The molecule has 3 aliphatic rings. The largest absolute Gasteiger partial charge is 0.508 e. The van der Waals surface area contributed by atoms with Crippen LogP contribution in [0.4, 0.5) is 0 Å². The number of carbonyl (C=O) groups is 2. The van der Waals surface area contributed by atoms with Crippen molar-refractivity contribution in [3.05, 3.63) is 30.5 Å². The number of fused-ring (bicyclic) bond motifs is 3. The average molecular weight is 412 g/mol. The third-order valence-electron chi connectivity index (χ3n) is 6.09. The van der Waals surface area contributed by atoms with Crippen molar-refractivity contribution in [2.24, 2.45) is 11.8 Å². The van der Waals surface area contributed by atoms with E-state index >= 15 is 0 Å². The van der Waals surface area contributed by atoms with Crippen LogP contribution in [0.5, 0.6) is 5.75 Å². The molecule has 9 heteroatoms. The number of nitrogens with zero attached hydrogens (tertiary/aromatic N) is 4. The summed E-state index contributed by atoms with van der Waals surface area (Å²) in [6.45, 7) is 4.88. The Kier molecular flexibility index (Phi) is 5.98. The van der Waals surface area contributed by atoms with E-state index in [1.54, 1.807) is 18.2 Å².